The molecule has 0 radical (unpaired) electrons. The summed E-state index contributed by atoms with van der Waals surface area (Å²) in [7, 11) is 0. The molecule has 0 saturated carbocycles. The van der Waals surface area contributed by atoms with Gasteiger partial charge in [-0.15, -0.1) is 0 Å². The maximum atomic E-state index is 12.3. The largest absolute Gasteiger partial charge is 0.481 e. The highest BCUT2D eigenvalue weighted by molar-refractivity contribution is 6.30. The average molecular weight is 310 g/mol. The number of amides is 1. The Morgan fingerprint density at radius 3 is 2.43 bits per heavy atom. The van der Waals surface area contributed by atoms with Crippen molar-refractivity contribution in [2.45, 2.75) is 31.6 Å². The van der Waals surface area contributed by atoms with Crippen molar-refractivity contribution in [1.29, 1.82) is 0 Å². The molecule has 6 heteroatoms. The predicted molar refractivity (Wildman–Crippen MR) is 75.8 cm³/mol. The van der Waals surface area contributed by atoms with Gasteiger partial charge in [-0.05, 0) is 30.5 Å². The van der Waals surface area contributed by atoms with E-state index in [0.717, 1.165) is 18.4 Å². The van der Waals surface area contributed by atoms with Crippen molar-refractivity contribution in [2.24, 2.45) is 11.8 Å². The highest BCUT2D eigenvalue weighted by Gasteiger charge is 2.55. The van der Waals surface area contributed by atoms with Gasteiger partial charge >= 0.3 is 5.97 Å². The molecule has 2 N–H and O–H groups in total. The molecule has 2 aliphatic heterocycles. The summed E-state index contributed by atoms with van der Waals surface area (Å²) in [5, 5.41) is 12.7. The Kier molecular flexibility index (Phi) is 3.87. The van der Waals surface area contributed by atoms with E-state index in [9.17, 15) is 14.7 Å². The summed E-state index contributed by atoms with van der Waals surface area (Å²) in [6.07, 6.45) is 0.899. The monoisotopic (exact) mass is 309 g/mol. The zero-order chi connectivity index (χ0) is 15.0. The number of ether oxygens (including phenoxy) is 1. The SMILES string of the molecule is O=C(NCc1ccc(Cl)cc1)[C@@H]1[C@H](C(=O)O)[C@@H]2CC[C@H]1O2. The third-order valence-corrected chi connectivity index (χ3v) is 4.49. The lowest BCUT2D eigenvalue weighted by Gasteiger charge is -2.23. The van der Waals surface area contributed by atoms with Crippen molar-refractivity contribution in [3.63, 3.8) is 0 Å². The molecule has 2 fully saturated rings. The van der Waals surface area contributed by atoms with Crippen LogP contribution in [0, 0.1) is 11.8 Å². The van der Waals surface area contributed by atoms with Crippen LogP contribution in [0.4, 0.5) is 0 Å². The molecular formula is C15H16ClNO4. The van der Waals surface area contributed by atoms with Crippen molar-refractivity contribution in [3.05, 3.63) is 34.9 Å². The van der Waals surface area contributed by atoms with E-state index in [-0.39, 0.29) is 18.1 Å². The van der Waals surface area contributed by atoms with E-state index in [1.54, 1.807) is 12.1 Å². The minimum absolute atomic E-state index is 0.246. The maximum Gasteiger partial charge on any atom is 0.310 e. The molecule has 1 amide bonds. The molecule has 0 unspecified atom stereocenters. The minimum Gasteiger partial charge on any atom is -0.481 e. The van der Waals surface area contributed by atoms with Gasteiger partial charge in [0, 0.05) is 11.6 Å². The Morgan fingerprint density at radius 1 is 1.19 bits per heavy atom. The van der Waals surface area contributed by atoms with E-state index in [1.807, 2.05) is 12.1 Å². The lowest BCUT2D eigenvalue weighted by Crippen LogP contribution is -2.43. The number of carboxylic acids is 1. The highest BCUT2D eigenvalue weighted by Crippen LogP contribution is 2.43. The maximum absolute atomic E-state index is 12.3. The van der Waals surface area contributed by atoms with Crippen molar-refractivity contribution >= 4 is 23.5 Å². The smallest absolute Gasteiger partial charge is 0.310 e. The van der Waals surface area contributed by atoms with E-state index in [2.05, 4.69) is 5.32 Å². The number of benzene rings is 1. The Hall–Kier alpha value is -1.59. The molecule has 2 heterocycles. The fourth-order valence-corrected chi connectivity index (χ4v) is 3.36. The van der Waals surface area contributed by atoms with Gasteiger partial charge < -0.3 is 15.2 Å². The van der Waals surface area contributed by atoms with E-state index in [4.69, 9.17) is 16.3 Å². The van der Waals surface area contributed by atoms with Crippen LogP contribution in [0.2, 0.25) is 5.02 Å². The highest BCUT2D eigenvalue weighted by atomic mass is 35.5. The number of rotatable bonds is 4. The van der Waals surface area contributed by atoms with Crippen LogP contribution in [0.5, 0.6) is 0 Å². The molecule has 21 heavy (non-hydrogen) atoms. The Bertz CT molecular complexity index is 559. The van der Waals surface area contributed by atoms with E-state index < -0.39 is 17.8 Å². The van der Waals surface area contributed by atoms with Crippen molar-refractivity contribution in [1.82, 2.24) is 5.32 Å². The van der Waals surface area contributed by atoms with Crippen LogP contribution >= 0.6 is 11.6 Å². The molecule has 2 saturated heterocycles. The standard InChI is InChI=1S/C15H16ClNO4/c16-9-3-1-8(2-4-9)7-17-14(18)12-10-5-6-11(21-10)13(12)15(19)20/h1-4,10-13H,5-7H2,(H,17,18)(H,19,20)/t10-,11+,12+,13-/m1/s1. The van der Waals surface area contributed by atoms with Gasteiger partial charge in [-0.1, -0.05) is 23.7 Å². The van der Waals surface area contributed by atoms with Gasteiger partial charge in [0.05, 0.1) is 24.0 Å². The number of hydrogen-bond acceptors (Lipinski definition) is 3. The predicted octanol–water partition coefficient (Wildman–Crippen LogP) is 1.83. The van der Waals surface area contributed by atoms with Crippen LogP contribution in [-0.4, -0.2) is 29.2 Å². The summed E-state index contributed by atoms with van der Waals surface area (Å²) in [6, 6.07) is 7.16. The third kappa shape index (κ3) is 2.76. The number of hydrogen-bond donors (Lipinski definition) is 2. The van der Waals surface area contributed by atoms with Gasteiger partial charge in [0.25, 0.3) is 0 Å². The molecule has 2 bridgehead atoms. The minimum atomic E-state index is -0.950. The zero-order valence-corrected chi connectivity index (χ0v) is 12.0. The lowest BCUT2D eigenvalue weighted by molar-refractivity contribution is -0.147. The summed E-state index contributed by atoms with van der Waals surface area (Å²) >= 11 is 5.81. The second kappa shape index (κ2) is 5.66. The Morgan fingerprint density at radius 2 is 1.81 bits per heavy atom. The molecule has 1 aromatic rings. The molecular weight excluding hydrogens is 294 g/mol. The molecule has 1 aromatic carbocycles. The molecule has 2 aliphatic rings. The van der Waals surface area contributed by atoms with Crippen LogP contribution < -0.4 is 5.32 Å². The first-order valence-electron chi connectivity index (χ1n) is 6.96. The van der Waals surface area contributed by atoms with Gasteiger partial charge in [-0.3, -0.25) is 9.59 Å². The molecule has 0 aliphatic carbocycles. The van der Waals surface area contributed by atoms with Crippen molar-refractivity contribution in [2.75, 3.05) is 0 Å². The molecule has 3 rings (SSSR count). The normalized spacial score (nSPS) is 30.3. The van der Waals surface area contributed by atoms with E-state index in [0.29, 0.717) is 11.6 Å². The van der Waals surface area contributed by atoms with Gasteiger partial charge in [0.1, 0.15) is 0 Å². The lowest BCUT2D eigenvalue weighted by atomic mass is 9.78. The van der Waals surface area contributed by atoms with Gasteiger partial charge in [0.15, 0.2) is 0 Å². The van der Waals surface area contributed by atoms with Crippen LogP contribution in [-0.2, 0) is 20.9 Å². The number of carbonyl (C=O) groups excluding carboxylic acids is 1. The van der Waals surface area contributed by atoms with E-state index >= 15 is 0 Å². The van der Waals surface area contributed by atoms with Crippen LogP contribution in [0.1, 0.15) is 18.4 Å². The molecule has 112 valence electrons. The fourth-order valence-electron chi connectivity index (χ4n) is 3.23. The second-order valence-electron chi connectivity index (χ2n) is 5.52. The first kappa shape index (κ1) is 14.4. The number of carbonyl (C=O) groups is 2. The fraction of sp³-hybridized carbons (Fsp3) is 0.467. The number of nitrogens with one attached hydrogen (secondary N) is 1. The molecule has 4 atom stereocenters. The van der Waals surface area contributed by atoms with Crippen molar-refractivity contribution < 1.29 is 19.4 Å². The number of halogens is 1. The first-order chi connectivity index (χ1) is 10.1. The zero-order valence-electron chi connectivity index (χ0n) is 11.3. The van der Waals surface area contributed by atoms with Gasteiger partial charge in [-0.2, -0.15) is 0 Å². The van der Waals surface area contributed by atoms with Crippen LogP contribution in [0.3, 0.4) is 0 Å². The molecule has 5 nitrogen and oxygen atoms in total. The average Bonchev–Trinajstić information content (AvgIpc) is 3.06. The number of carboxylic acid groups (broad SMARTS) is 1. The third-order valence-electron chi connectivity index (χ3n) is 4.24. The van der Waals surface area contributed by atoms with Crippen LogP contribution in [0.25, 0.3) is 0 Å². The Labute approximate surface area is 127 Å². The van der Waals surface area contributed by atoms with Crippen LogP contribution in [0.15, 0.2) is 24.3 Å². The number of fused-ring (bicyclic) bond motifs is 2. The topological polar surface area (TPSA) is 75.6 Å². The van der Waals surface area contributed by atoms with Crippen molar-refractivity contribution in [3.8, 4) is 0 Å². The Balaban J connectivity index is 1.64. The summed E-state index contributed by atoms with van der Waals surface area (Å²) < 4.78 is 5.59. The van der Waals surface area contributed by atoms with Gasteiger partial charge in [-0.25, -0.2) is 0 Å². The molecule has 0 aromatic heterocycles. The summed E-state index contributed by atoms with van der Waals surface area (Å²) in [4.78, 5) is 23.7. The summed E-state index contributed by atoms with van der Waals surface area (Å²) in [5.74, 6) is -2.51. The summed E-state index contributed by atoms with van der Waals surface area (Å²) in [5.41, 5.74) is 0.920. The van der Waals surface area contributed by atoms with Gasteiger partial charge in [0.2, 0.25) is 5.91 Å². The van der Waals surface area contributed by atoms with E-state index in [1.165, 1.54) is 0 Å². The quantitative estimate of drug-likeness (QED) is 0.890. The number of aliphatic carboxylic acids is 1. The molecule has 0 spiro atoms. The second-order valence-corrected chi connectivity index (χ2v) is 5.96. The summed E-state index contributed by atoms with van der Waals surface area (Å²) in [6.45, 7) is 0.357. The first-order valence-corrected chi connectivity index (χ1v) is 7.34.